The van der Waals surface area contributed by atoms with Crippen LogP contribution in [0.4, 0.5) is 14.9 Å². The fourth-order valence-electron chi connectivity index (χ4n) is 2.87. The van der Waals surface area contributed by atoms with Crippen molar-refractivity contribution in [3.8, 4) is 5.75 Å². The molecule has 2 amide bonds. The number of rotatable bonds is 3. The maximum absolute atomic E-state index is 13.6. The standard InChI is InChI=1S/C19H19FN2O4/c1-12-15(20)8-5-9-16(12)21-18(24)17-10-13(23)11-22(17)19(25)26-14-6-3-2-4-7-14/h2-9,13,17,23H,10-11H2,1H3,(H,21,24)/t13-,17+/m0/s1. The highest BCUT2D eigenvalue weighted by Gasteiger charge is 2.40. The Kier molecular flexibility index (Phi) is 5.18. The molecule has 0 aromatic heterocycles. The van der Waals surface area contributed by atoms with E-state index in [9.17, 15) is 19.1 Å². The summed E-state index contributed by atoms with van der Waals surface area (Å²) in [6.45, 7) is 1.54. The van der Waals surface area contributed by atoms with Crippen molar-refractivity contribution in [1.29, 1.82) is 0 Å². The second-order valence-electron chi connectivity index (χ2n) is 6.14. The zero-order valence-electron chi connectivity index (χ0n) is 14.2. The smallest absolute Gasteiger partial charge is 0.410 e. The molecule has 26 heavy (non-hydrogen) atoms. The van der Waals surface area contributed by atoms with E-state index in [0.717, 1.165) is 0 Å². The number of hydrogen-bond donors (Lipinski definition) is 2. The van der Waals surface area contributed by atoms with Crippen LogP contribution < -0.4 is 10.1 Å². The molecule has 2 N–H and O–H groups in total. The van der Waals surface area contributed by atoms with Crippen LogP contribution in [0.3, 0.4) is 0 Å². The van der Waals surface area contributed by atoms with Gasteiger partial charge in [-0.3, -0.25) is 9.69 Å². The third kappa shape index (κ3) is 3.83. The van der Waals surface area contributed by atoms with E-state index < -0.39 is 30.0 Å². The number of nitrogens with zero attached hydrogens (tertiary/aromatic N) is 1. The van der Waals surface area contributed by atoms with Gasteiger partial charge in [-0.1, -0.05) is 24.3 Å². The number of halogens is 1. The maximum Gasteiger partial charge on any atom is 0.416 e. The van der Waals surface area contributed by atoms with Crippen LogP contribution in [0, 0.1) is 12.7 Å². The summed E-state index contributed by atoms with van der Waals surface area (Å²) >= 11 is 0. The first-order valence-electron chi connectivity index (χ1n) is 8.23. The number of likely N-dealkylation sites (tertiary alicyclic amines) is 1. The third-order valence-corrected chi connectivity index (χ3v) is 4.29. The van der Waals surface area contributed by atoms with Gasteiger partial charge in [0.15, 0.2) is 0 Å². The molecule has 0 spiro atoms. The second-order valence-corrected chi connectivity index (χ2v) is 6.14. The molecule has 3 rings (SSSR count). The molecule has 0 saturated carbocycles. The summed E-state index contributed by atoms with van der Waals surface area (Å²) in [7, 11) is 0. The third-order valence-electron chi connectivity index (χ3n) is 4.29. The van der Waals surface area contributed by atoms with Crippen LogP contribution >= 0.6 is 0 Å². The van der Waals surface area contributed by atoms with Crippen molar-refractivity contribution >= 4 is 17.7 Å². The van der Waals surface area contributed by atoms with Crippen LogP contribution in [0.1, 0.15) is 12.0 Å². The fourth-order valence-corrected chi connectivity index (χ4v) is 2.87. The molecule has 0 bridgehead atoms. The van der Waals surface area contributed by atoms with Gasteiger partial charge in [-0.15, -0.1) is 0 Å². The number of β-amino-alcohol motifs (C(OH)–C–C–N with tert-alkyl or cyclic N) is 1. The first-order chi connectivity index (χ1) is 12.5. The van der Waals surface area contributed by atoms with Crippen LogP contribution in [0.2, 0.25) is 0 Å². The Morgan fingerprint density at radius 1 is 1.19 bits per heavy atom. The van der Waals surface area contributed by atoms with Crippen LogP contribution in [-0.4, -0.2) is 40.7 Å². The first kappa shape index (κ1) is 17.9. The Balaban J connectivity index is 1.73. The quantitative estimate of drug-likeness (QED) is 0.884. The molecule has 1 heterocycles. The van der Waals surface area contributed by atoms with Crippen molar-refractivity contribution < 1.29 is 23.8 Å². The number of ether oxygens (including phenoxy) is 1. The van der Waals surface area contributed by atoms with E-state index in [2.05, 4.69) is 5.32 Å². The second kappa shape index (κ2) is 7.53. The molecule has 1 aliphatic heterocycles. The molecule has 1 fully saturated rings. The Bertz CT molecular complexity index is 812. The van der Waals surface area contributed by atoms with Gasteiger partial charge >= 0.3 is 6.09 Å². The lowest BCUT2D eigenvalue weighted by Gasteiger charge is -2.23. The minimum absolute atomic E-state index is 0.00805. The topological polar surface area (TPSA) is 78.9 Å². The Labute approximate surface area is 150 Å². The van der Waals surface area contributed by atoms with Gasteiger partial charge < -0.3 is 15.2 Å². The van der Waals surface area contributed by atoms with Crippen LogP contribution in [-0.2, 0) is 4.79 Å². The molecule has 2 aromatic carbocycles. The van der Waals surface area contributed by atoms with Gasteiger partial charge in [-0.2, -0.15) is 0 Å². The molecule has 1 aliphatic rings. The fraction of sp³-hybridized carbons (Fsp3) is 0.263. The number of carbonyl (C=O) groups excluding carboxylic acids is 2. The lowest BCUT2D eigenvalue weighted by Crippen LogP contribution is -2.44. The van der Waals surface area contributed by atoms with Crippen molar-refractivity contribution in [2.75, 3.05) is 11.9 Å². The van der Waals surface area contributed by atoms with Crippen LogP contribution in [0.25, 0.3) is 0 Å². The maximum atomic E-state index is 13.6. The SMILES string of the molecule is Cc1c(F)cccc1NC(=O)[C@H]1C[C@H](O)CN1C(=O)Oc1ccccc1. The van der Waals surface area contributed by atoms with E-state index in [1.165, 1.54) is 17.0 Å². The minimum Gasteiger partial charge on any atom is -0.410 e. The van der Waals surface area contributed by atoms with Crippen LogP contribution in [0.15, 0.2) is 48.5 Å². The van der Waals surface area contributed by atoms with Crippen molar-refractivity contribution in [1.82, 2.24) is 4.90 Å². The number of nitrogens with one attached hydrogen (secondary N) is 1. The highest BCUT2D eigenvalue weighted by atomic mass is 19.1. The van der Waals surface area contributed by atoms with Gasteiger partial charge in [0, 0.05) is 17.7 Å². The average Bonchev–Trinajstić information content (AvgIpc) is 3.02. The molecule has 0 unspecified atom stereocenters. The summed E-state index contributed by atoms with van der Waals surface area (Å²) in [6.07, 6.45) is -1.46. The van der Waals surface area contributed by atoms with Gasteiger partial charge in [-0.05, 0) is 31.2 Å². The summed E-state index contributed by atoms with van der Waals surface area (Å²) in [6, 6.07) is 11.9. The molecule has 6 nitrogen and oxygen atoms in total. The van der Waals surface area contributed by atoms with E-state index in [1.54, 1.807) is 43.3 Å². The summed E-state index contributed by atoms with van der Waals surface area (Å²) in [5.41, 5.74) is 0.630. The van der Waals surface area contributed by atoms with E-state index in [1.807, 2.05) is 0 Å². The van der Waals surface area contributed by atoms with E-state index in [-0.39, 0.29) is 13.0 Å². The summed E-state index contributed by atoms with van der Waals surface area (Å²) in [4.78, 5) is 26.2. The van der Waals surface area contributed by atoms with Gasteiger partial charge in [0.25, 0.3) is 0 Å². The average molecular weight is 358 g/mol. The molecule has 2 aromatic rings. The van der Waals surface area contributed by atoms with Crippen molar-refractivity contribution in [3.05, 3.63) is 59.9 Å². The largest absolute Gasteiger partial charge is 0.416 e. The lowest BCUT2D eigenvalue weighted by molar-refractivity contribution is -0.119. The van der Waals surface area contributed by atoms with Crippen molar-refractivity contribution in [3.63, 3.8) is 0 Å². The molecule has 0 aliphatic carbocycles. The van der Waals surface area contributed by atoms with E-state index in [4.69, 9.17) is 4.74 Å². The first-order valence-corrected chi connectivity index (χ1v) is 8.23. The molecule has 7 heteroatoms. The molecular weight excluding hydrogens is 339 g/mol. The number of para-hydroxylation sites is 1. The highest BCUT2D eigenvalue weighted by molar-refractivity contribution is 5.97. The van der Waals surface area contributed by atoms with E-state index in [0.29, 0.717) is 17.0 Å². The predicted octanol–water partition coefficient (Wildman–Crippen LogP) is 2.71. The zero-order valence-corrected chi connectivity index (χ0v) is 14.2. The van der Waals surface area contributed by atoms with Gasteiger partial charge in [0.2, 0.25) is 5.91 Å². The summed E-state index contributed by atoms with van der Waals surface area (Å²) in [5, 5.41) is 12.5. The van der Waals surface area contributed by atoms with Crippen molar-refractivity contribution in [2.45, 2.75) is 25.5 Å². The molecule has 0 radical (unpaired) electrons. The molecular formula is C19H19FN2O4. The number of amides is 2. The Morgan fingerprint density at radius 2 is 1.92 bits per heavy atom. The Hall–Kier alpha value is -2.93. The van der Waals surface area contributed by atoms with Gasteiger partial charge in [0.05, 0.1) is 12.6 Å². The number of anilines is 1. The lowest BCUT2D eigenvalue weighted by atomic mass is 10.1. The summed E-state index contributed by atoms with van der Waals surface area (Å²) < 4.78 is 18.9. The Morgan fingerprint density at radius 3 is 2.65 bits per heavy atom. The number of aliphatic hydroxyl groups excluding tert-OH is 1. The minimum atomic E-state index is -0.899. The summed E-state index contributed by atoms with van der Waals surface area (Å²) in [5.74, 6) is -0.589. The number of hydrogen-bond acceptors (Lipinski definition) is 4. The highest BCUT2D eigenvalue weighted by Crippen LogP contribution is 2.23. The molecule has 2 atom stereocenters. The zero-order chi connectivity index (χ0) is 18.7. The van der Waals surface area contributed by atoms with Gasteiger partial charge in [-0.25, -0.2) is 9.18 Å². The van der Waals surface area contributed by atoms with Crippen LogP contribution in [0.5, 0.6) is 5.75 Å². The predicted molar refractivity (Wildman–Crippen MR) is 93.4 cm³/mol. The normalized spacial score (nSPS) is 19.3. The molecule has 136 valence electrons. The van der Waals surface area contributed by atoms with Crippen molar-refractivity contribution in [2.24, 2.45) is 0 Å². The number of aliphatic hydroxyl groups is 1. The van der Waals surface area contributed by atoms with Gasteiger partial charge in [0.1, 0.15) is 17.6 Å². The number of benzene rings is 2. The number of carbonyl (C=O) groups is 2. The van der Waals surface area contributed by atoms with E-state index >= 15 is 0 Å². The monoisotopic (exact) mass is 358 g/mol. The molecule has 1 saturated heterocycles.